The molecule has 5 heteroatoms. The van der Waals surface area contributed by atoms with Crippen molar-refractivity contribution in [2.24, 2.45) is 11.8 Å². The highest BCUT2D eigenvalue weighted by molar-refractivity contribution is 5.79. The van der Waals surface area contributed by atoms with Crippen molar-refractivity contribution >= 4 is 11.5 Å². The molecule has 0 saturated carbocycles. The predicted molar refractivity (Wildman–Crippen MR) is 65.8 cm³/mol. The Morgan fingerprint density at radius 1 is 1.44 bits per heavy atom. The molecule has 1 aromatic carbocycles. The molecule has 0 spiro atoms. The van der Waals surface area contributed by atoms with Gasteiger partial charge in [0.1, 0.15) is 11.6 Å². The molecule has 0 bridgehead atoms. The first kappa shape index (κ1) is 14.3. The highest BCUT2D eigenvalue weighted by Gasteiger charge is 2.23. The zero-order valence-electron chi connectivity index (χ0n) is 10.6. The fourth-order valence-electron chi connectivity index (χ4n) is 1.98. The van der Waals surface area contributed by atoms with E-state index in [1.807, 2.05) is 13.8 Å². The standard InChI is InChI=1S/C13H16FNO3/c1-8(2)12(9(3)16)7-10-6-11(14)4-5-13(10)15(17)18/h4-6,8,12H,7H2,1-3H3. The molecule has 0 aromatic heterocycles. The number of hydrogen-bond donors (Lipinski definition) is 0. The fourth-order valence-corrected chi connectivity index (χ4v) is 1.98. The second kappa shape index (κ2) is 5.71. The molecule has 98 valence electrons. The molecule has 0 N–H and O–H groups in total. The number of nitro groups is 1. The fraction of sp³-hybridized carbons (Fsp3) is 0.462. The summed E-state index contributed by atoms with van der Waals surface area (Å²) in [5.41, 5.74) is 0.136. The molecule has 18 heavy (non-hydrogen) atoms. The number of halogens is 1. The predicted octanol–water partition coefficient (Wildman–Crippen LogP) is 3.14. The lowest BCUT2D eigenvalue weighted by Crippen LogP contribution is -2.20. The average Bonchev–Trinajstić information content (AvgIpc) is 2.24. The Balaban J connectivity index is 3.12. The van der Waals surface area contributed by atoms with Crippen LogP contribution in [0, 0.1) is 27.8 Å². The summed E-state index contributed by atoms with van der Waals surface area (Å²) in [4.78, 5) is 21.8. The van der Waals surface area contributed by atoms with E-state index >= 15 is 0 Å². The number of hydrogen-bond acceptors (Lipinski definition) is 3. The minimum Gasteiger partial charge on any atom is -0.300 e. The molecule has 0 heterocycles. The SMILES string of the molecule is CC(=O)C(Cc1cc(F)ccc1[N+](=O)[O-])C(C)C. The van der Waals surface area contributed by atoms with E-state index in [9.17, 15) is 19.3 Å². The van der Waals surface area contributed by atoms with Crippen LogP contribution in [0.4, 0.5) is 10.1 Å². The van der Waals surface area contributed by atoms with Crippen molar-refractivity contribution in [3.8, 4) is 0 Å². The van der Waals surface area contributed by atoms with E-state index in [2.05, 4.69) is 0 Å². The molecule has 0 fully saturated rings. The summed E-state index contributed by atoms with van der Waals surface area (Å²) in [6.07, 6.45) is 0.196. The maximum atomic E-state index is 13.2. The van der Waals surface area contributed by atoms with Gasteiger partial charge in [-0.15, -0.1) is 0 Å². The second-order valence-corrected chi connectivity index (χ2v) is 4.70. The molecular weight excluding hydrogens is 237 g/mol. The van der Waals surface area contributed by atoms with Crippen molar-refractivity contribution in [3.05, 3.63) is 39.7 Å². The van der Waals surface area contributed by atoms with Gasteiger partial charge in [0.05, 0.1) is 4.92 Å². The number of carbonyl (C=O) groups excluding carboxylic acids is 1. The molecule has 0 amide bonds. The molecule has 1 rings (SSSR count). The number of nitrogens with zero attached hydrogens (tertiary/aromatic N) is 1. The lowest BCUT2D eigenvalue weighted by Gasteiger charge is -2.17. The topological polar surface area (TPSA) is 60.2 Å². The average molecular weight is 253 g/mol. The Kier molecular flexibility index (Phi) is 4.53. The van der Waals surface area contributed by atoms with Gasteiger partial charge in [0.25, 0.3) is 5.69 Å². The maximum Gasteiger partial charge on any atom is 0.272 e. The first-order valence-corrected chi connectivity index (χ1v) is 5.76. The first-order chi connectivity index (χ1) is 8.32. The monoisotopic (exact) mass is 253 g/mol. The number of benzene rings is 1. The third-order valence-electron chi connectivity index (χ3n) is 3.00. The zero-order valence-corrected chi connectivity index (χ0v) is 10.6. The van der Waals surface area contributed by atoms with Crippen molar-refractivity contribution in [1.82, 2.24) is 0 Å². The number of ketones is 1. The Morgan fingerprint density at radius 3 is 2.50 bits per heavy atom. The Hall–Kier alpha value is -1.78. The van der Waals surface area contributed by atoms with Crippen LogP contribution in [0.1, 0.15) is 26.3 Å². The van der Waals surface area contributed by atoms with E-state index in [0.717, 1.165) is 18.2 Å². The minimum atomic E-state index is -0.549. The third kappa shape index (κ3) is 3.35. The lowest BCUT2D eigenvalue weighted by atomic mass is 9.86. The van der Waals surface area contributed by atoms with Gasteiger partial charge in [-0.1, -0.05) is 13.8 Å². The van der Waals surface area contributed by atoms with Gasteiger partial charge in [0, 0.05) is 17.5 Å². The molecule has 0 aliphatic rings. The van der Waals surface area contributed by atoms with Crippen molar-refractivity contribution in [3.63, 3.8) is 0 Å². The largest absolute Gasteiger partial charge is 0.300 e. The van der Waals surface area contributed by atoms with Crippen molar-refractivity contribution in [1.29, 1.82) is 0 Å². The van der Waals surface area contributed by atoms with E-state index in [0.29, 0.717) is 0 Å². The number of nitro benzene ring substituents is 1. The molecular formula is C13H16FNO3. The van der Waals surface area contributed by atoms with Crippen LogP contribution in [0.15, 0.2) is 18.2 Å². The maximum absolute atomic E-state index is 13.2. The third-order valence-corrected chi connectivity index (χ3v) is 3.00. The molecule has 1 atom stereocenters. The normalized spacial score (nSPS) is 12.5. The van der Waals surface area contributed by atoms with Gasteiger partial charge in [0.2, 0.25) is 0 Å². The summed E-state index contributed by atoms with van der Waals surface area (Å²) in [6, 6.07) is 3.33. The molecule has 0 aliphatic heterocycles. The van der Waals surface area contributed by atoms with Crippen LogP contribution < -0.4 is 0 Å². The second-order valence-electron chi connectivity index (χ2n) is 4.70. The van der Waals surface area contributed by atoms with E-state index in [1.165, 1.54) is 6.92 Å². The van der Waals surface area contributed by atoms with Crippen LogP contribution in [-0.2, 0) is 11.2 Å². The lowest BCUT2D eigenvalue weighted by molar-refractivity contribution is -0.385. The quantitative estimate of drug-likeness (QED) is 0.598. The van der Waals surface area contributed by atoms with E-state index in [-0.39, 0.29) is 35.3 Å². The molecule has 4 nitrogen and oxygen atoms in total. The molecule has 0 aliphatic carbocycles. The zero-order chi connectivity index (χ0) is 13.9. The van der Waals surface area contributed by atoms with Crippen LogP contribution in [0.5, 0.6) is 0 Å². The highest BCUT2D eigenvalue weighted by Crippen LogP contribution is 2.26. The summed E-state index contributed by atoms with van der Waals surface area (Å²) < 4.78 is 13.2. The van der Waals surface area contributed by atoms with Gasteiger partial charge in [-0.05, 0) is 31.4 Å². The van der Waals surface area contributed by atoms with Crippen LogP contribution in [0.2, 0.25) is 0 Å². The Labute approximate surface area is 105 Å². The first-order valence-electron chi connectivity index (χ1n) is 5.76. The highest BCUT2D eigenvalue weighted by atomic mass is 19.1. The van der Waals surface area contributed by atoms with Gasteiger partial charge in [-0.25, -0.2) is 4.39 Å². The summed E-state index contributed by atoms with van der Waals surface area (Å²) in [7, 11) is 0. The van der Waals surface area contributed by atoms with Gasteiger partial charge in [-0.2, -0.15) is 0 Å². The summed E-state index contributed by atoms with van der Waals surface area (Å²) in [5.74, 6) is -0.832. The van der Waals surface area contributed by atoms with Crippen molar-refractivity contribution in [2.75, 3.05) is 0 Å². The molecule has 1 unspecified atom stereocenters. The van der Waals surface area contributed by atoms with Crippen LogP contribution in [-0.4, -0.2) is 10.7 Å². The van der Waals surface area contributed by atoms with Crippen LogP contribution >= 0.6 is 0 Å². The van der Waals surface area contributed by atoms with E-state index in [4.69, 9.17) is 0 Å². The summed E-state index contributed by atoms with van der Waals surface area (Å²) >= 11 is 0. The summed E-state index contributed by atoms with van der Waals surface area (Å²) in [6.45, 7) is 5.20. The number of rotatable bonds is 5. The molecule has 1 aromatic rings. The van der Waals surface area contributed by atoms with Crippen molar-refractivity contribution in [2.45, 2.75) is 27.2 Å². The smallest absolute Gasteiger partial charge is 0.272 e. The van der Waals surface area contributed by atoms with Gasteiger partial charge in [-0.3, -0.25) is 14.9 Å². The van der Waals surface area contributed by atoms with Gasteiger partial charge < -0.3 is 0 Å². The number of carbonyl (C=O) groups is 1. The van der Waals surface area contributed by atoms with E-state index in [1.54, 1.807) is 0 Å². The minimum absolute atomic E-state index is 0.0384. The Morgan fingerprint density at radius 2 is 2.06 bits per heavy atom. The van der Waals surface area contributed by atoms with Crippen molar-refractivity contribution < 1.29 is 14.1 Å². The van der Waals surface area contributed by atoms with Gasteiger partial charge in [0.15, 0.2) is 0 Å². The molecule has 0 radical (unpaired) electrons. The van der Waals surface area contributed by atoms with Gasteiger partial charge >= 0.3 is 0 Å². The van der Waals surface area contributed by atoms with Crippen LogP contribution in [0.25, 0.3) is 0 Å². The molecule has 0 saturated heterocycles. The van der Waals surface area contributed by atoms with E-state index < -0.39 is 10.7 Å². The number of Topliss-reactive ketones (excluding diaryl/α,β-unsaturated/α-hetero) is 1. The van der Waals surface area contributed by atoms with Crippen LogP contribution in [0.3, 0.4) is 0 Å². The Bertz CT molecular complexity index is 471. The summed E-state index contributed by atoms with van der Waals surface area (Å²) in [5, 5.41) is 10.9.